The van der Waals surface area contributed by atoms with Crippen molar-refractivity contribution in [3.8, 4) is 0 Å². The van der Waals surface area contributed by atoms with Gasteiger partial charge in [0.05, 0.1) is 6.10 Å². The summed E-state index contributed by atoms with van der Waals surface area (Å²) in [6.45, 7) is 3.21. The van der Waals surface area contributed by atoms with Gasteiger partial charge in [-0.15, -0.1) is 0 Å². The van der Waals surface area contributed by atoms with Gasteiger partial charge in [-0.3, -0.25) is 0 Å². The van der Waals surface area contributed by atoms with Crippen LogP contribution in [0.1, 0.15) is 12.5 Å². The zero-order valence-corrected chi connectivity index (χ0v) is 7.70. The van der Waals surface area contributed by atoms with Crippen LogP contribution in [0.15, 0.2) is 24.3 Å². The summed E-state index contributed by atoms with van der Waals surface area (Å²) in [6, 6.07) is 6.42. The van der Waals surface area contributed by atoms with Gasteiger partial charge in [0.1, 0.15) is 18.9 Å². The third kappa shape index (κ3) is 4.01. The number of benzene rings is 1. The number of halogens is 1. The number of quaternary nitrogens is 1. The van der Waals surface area contributed by atoms with Gasteiger partial charge in [0.25, 0.3) is 0 Å². The van der Waals surface area contributed by atoms with Gasteiger partial charge in [0.2, 0.25) is 0 Å². The summed E-state index contributed by atoms with van der Waals surface area (Å²) >= 11 is 0. The highest BCUT2D eigenvalue weighted by atomic mass is 19.1. The molecule has 0 fully saturated rings. The maximum Gasteiger partial charge on any atom is 0.123 e. The predicted molar refractivity (Wildman–Crippen MR) is 48.6 cm³/mol. The summed E-state index contributed by atoms with van der Waals surface area (Å²) in [5.74, 6) is -0.209. The van der Waals surface area contributed by atoms with E-state index in [-0.39, 0.29) is 11.9 Å². The fraction of sp³-hybridized carbons (Fsp3) is 0.400. The molecule has 1 aromatic carbocycles. The van der Waals surface area contributed by atoms with Crippen LogP contribution in [-0.2, 0) is 6.54 Å². The first-order valence-electron chi connectivity index (χ1n) is 4.42. The maximum absolute atomic E-state index is 12.5. The minimum Gasteiger partial charge on any atom is -0.388 e. The summed E-state index contributed by atoms with van der Waals surface area (Å²) in [5, 5.41) is 11.0. The van der Waals surface area contributed by atoms with Crippen LogP contribution in [0.25, 0.3) is 0 Å². The van der Waals surface area contributed by atoms with Crippen LogP contribution in [-0.4, -0.2) is 17.8 Å². The summed E-state index contributed by atoms with van der Waals surface area (Å²) in [4.78, 5) is 0. The van der Waals surface area contributed by atoms with E-state index in [1.165, 1.54) is 12.1 Å². The van der Waals surface area contributed by atoms with Gasteiger partial charge in [0, 0.05) is 5.56 Å². The lowest BCUT2D eigenvalue weighted by Crippen LogP contribution is -2.84. The Labute approximate surface area is 77.4 Å². The third-order valence-electron chi connectivity index (χ3n) is 1.80. The lowest BCUT2D eigenvalue weighted by Gasteiger charge is -2.03. The molecule has 0 spiro atoms. The Morgan fingerprint density at radius 1 is 1.38 bits per heavy atom. The van der Waals surface area contributed by atoms with E-state index in [4.69, 9.17) is 5.11 Å². The zero-order valence-electron chi connectivity index (χ0n) is 7.70. The molecule has 3 N–H and O–H groups in total. The highest BCUT2D eigenvalue weighted by molar-refractivity contribution is 5.14. The zero-order chi connectivity index (χ0) is 9.68. The topological polar surface area (TPSA) is 36.8 Å². The molecule has 0 radical (unpaired) electrons. The molecule has 0 unspecified atom stereocenters. The quantitative estimate of drug-likeness (QED) is 0.692. The van der Waals surface area contributed by atoms with Crippen molar-refractivity contribution in [2.75, 3.05) is 6.54 Å². The Bertz CT molecular complexity index is 246. The highest BCUT2D eigenvalue weighted by Gasteiger charge is 1.99. The number of rotatable bonds is 4. The minimum absolute atomic E-state index is 0.209. The van der Waals surface area contributed by atoms with Gasteiger partial charge in [-0.1, -0.05) is 12.1 Å². The summed E-state index contributed by atoms with van der Waals surface area (Å²) in [7, 11) is 0. The van der Waals surface area contributed by atoms with Gasteiger partial charge in [-0.25, -0.2) is 4.39 Å². The summed E-state index contributed by atoms with van der Waals surface area (Å²) in [5.41, 5.74) is 1.07. The molecule has 0 heterocycles. The molecule has 1 atom stereocenters. The first kappa shape index (κ1) is 10.2. The molecule has 0 bridgehead atoms. The second-order valence-electron chi connectivity index (χ2n) is 3.20. The Kier molecular flexibility index (Phi) is 3.86. The van der Waals surface area contributed by atoms with Crippen molar-refractivity contribution >= 4 is 0 Å². The Morgan fingerprint density at radius 3 is 2.54 bits per heavy atom. The number of hydrogen-bond acceptors (Lipinski definition) is 1. The second kappa shape index (κ2) is 4.94. The SMILES string of the molecule is C[C@H](O)C[NH2+]Cc1ccc(F)cc1. The molecule has 0 aliphatic carbocycles. The van der Waals surface area contributed by atoms with E-state index in [1.807, 2.05) is 5.32 Å². The first-order chi connectivity index (χ1) is 6.18. The van der Waals surface area contributed by atoms with Crippen molar-refractivity contribution < 1.29 is 14.8 Å². The molecule has 3 heteroatoms. The van der Waals surface area contributed by atoms with E-state index in [0.29, 0.717) is 6.54 Å². The van der Waals surface area contributed by atoms with E-state index in [0.717, 1.165) is 12.1 Å². The standard InChI is InChI=1S/C10H14FNO/c1-8(13)6-12-7-9-2-4-10(11)5-3-9/h2-5,8,12-13H,6-7H2,1H3/p+1/t8-/m0/s1. The monoisotopic (exact) mass is 184 g/mol. The van der Waals surface area contributed by atoms with Crippen molar-refractivity contribution in [2.24, 2.45) is 0 Å². The molecular weight excluding hydrogens is 169 g/mol. The predicted octanol–water partition coefficient (Wildman–Crippen LogP) is 0.270. The van der Waals surface area contributed by atoms with Crippen LogP contribution in [0.4, 0.5) is 4.39 Å². The molecule has 0 amide bonds. The molecule has 0 aliphatic rings. The fourth-order valence-corrected chi connectivity index (χ4v) is 1.11. The molecule has 72 valence electrons. The lowest BCUT2D eigenvalue weighted by atomic mass is 10.2. The van der Waals surface area contributed by atoms with E-state index in [1.54, 1.807) is 19.1 Å². The van der Waals surface area contributed by atoms with E-state index in [9.17, 15) is 4.39 Å². The van der Waals surface area contributed by atoms with E-state index < -0.39 is 0 Å². The van der Waals surface area contributed by atoms with Gasteiger partial charge in [-0.2, -0.15) is 0 Å². The van der Waals surface area contributed by atoms with Crippen molar-refractivity contribution in [3.63, 3.8) is 0 Å². The highest BCUT2D eigenvalue weighted by Crippen LogP contribution is 2.00. The van der Waals surface area contributed by atoms with Crippen LogP contribution < -0.4 is 5.32 Å². The smallest absolute Gasteiger partial charge is 0.123 e. The fourth-order valence-electron chi connectivity index (χ4n) is 1.11. The molecular formula is C10H15FNO+. The Balaban J connectivity index is 2.33. The number of hydrogen-bond donors (Lipinski definition) is 2. The molecule has 2 nitrogen and oxygen atoms in total. The second-order valence-corrected chi connectivity index (χ2v) is 3.20. The maximum atomic E-state index is 12.5. The van der Waals surface area contributed by atoms with Crippen molar-refractivity contribution in [1.82, 2.24) is 0 Å². The van der Waals surface area contributed by atoms with E-state index >= 15 is 0 Å². The van der Waals surface area contributed by atoms with Crippen LogP contribution in [0.3, 0.4) is 0 Å². The third-order valence-corrected chi connectivity index (χ3v) is 1.80. The largest absolute Gasteiger partial charge is 0.388 e. The van der Waals surface area contributed by atoms with Gasteiger partial charge in [0.15, 0.2) is 0 Å². The summed E-state index contributed by atoms with van der Waals surface area (Å²) in [6.07, 6.45) is -0.291. The van der Waals surface area contributed by atoms with E-state index in [2.05, 4.69) is 0 Å². The van der Waals surface area contributed by atoms with Crippen molar-refractivity contribution in [3.05, 3.63) is 35.6 Å². The average Bonchev–Trinajstić information content (AvgIpc) is 2.08. The molecule has 0 saturated carbocycles. The molecule has 0 aliphatic heterocycles. The van der Waals surface area contributed by atoms with Gasteiger partial charge >= 0.3 is 0 Å². The normalized spacial score (nSPS) is 12.8. The molecule has 13 heavy (non-hydrogen) atoms. The summed E-state index contributed by atoms with van der Waals surface area (Å²) < 4.78 is 12.5. The van der Waals surface area contributed by atoms with Gasteiger partial charge in [-0.05, 0) is 19.1 Å². The van der Waals surface area contributed by atoms with Crippen LogP contribution in [0.2, 0.25) is 0 Å². The Morgan fingerprint density at radius 2 is 2.00 bits per heavy atom. The molecule has 1 aromatic rings. The lowest BCUT2D eigenvalue weighted by molar-refractivity contribution is -0.676. The van der Waals surface area contributed by atoms with Crippen molar-refractivity contribution in [1.29, 1.82) is 0 Å². The minimum atomic E-state index is -0.291. The molecule has 0 aromatic heterocycles. The van der Waals surface area contributed by atoms with Crippen LogP contribution in [0, 0.1) is 5.82 Å². The van der Waals surface area contributed by atoms with Crippen LogP contribution >= 0.6 is 0 Å². The van der Waals surface area contributed by atoms with Gasteiger partial charge < -0.3 is 10.4 Å². The number of aliphatic hydroxyl groups excluding tert-OH is 1. The number of nitrogens with two attached hydrogens (primary N) is 1. The molecule has 0 saturated heterocycles. The Hall–Kier alpha value is -0.930. The molecule has 1 rings (SSSR count). The average molecular weight is 184 g/mol. The van der Waals surface area contributed by atoms with Crippen LogP contribution in [0.5, 0.6) is 0 Å². The first-order valence-corrected chi connectivity index (χ1v) is 4.42. The van der Waals surface area contributed by atoms with Crippen molar-refractivity contribution in [2.45, 2.75) is 19.6 Å². The number of aliphatic hydroxyl groups is 1.